The number of nitrogens with zero attached hydrogens (tertiary/aromatic N) is 2. The largest absolute Gasteiger partial charge is 0.234 e. The van der Waals surface area contributed by atoms with E-state index < -0.39 is 0 Å². The maximum Gasteiger partial charge on any atom is 0.134 e. The van der Waals surface area contributed by atoms with Crippen LogP contribution in [0.3, 0.4) is 0 Å². The average Bonchev–Trinajstić information content (AvgIpc) is 3.16. The Kier molecular flexibility index (Phi) is 3.73. The zero-order chi connectivity index (χ0) is 13.8. The number of thiophene rings is 1. The lowest BCUT2D eigenvalue weighted by Crippen LogP contribution is -1.81. The molecule has 0 N–H and O–H groups in total. The van der Waals surface area contributed by atoms with Gasteiger partial charge in [-0.3, -0.25) is 0 Å². The number of aromatic nitrogens is 1. The third-order valence-corrected chi connectivity index (χ3v) is 4.51. The minimum atomic E-state index is 0.601. The molecular weight excluding hydrogens is 284 g/mol. The van der Waals surface area contributed by atoms with E-state index in [1.54, 1.807) is 11.3 Å². The summed E-state index contributed by atoms with van der Waals surface area (Å²) in [6.45, 7) is 0. The van der Waals surface area contributed by atoms with Gasteiger partial charge in [-0.05, 0) is 23.1 Å². The number of nitriles is 1. The highest BCUT2D eigenvalue weighted by molar-refractivity contribution is 7.14. The molecule has 3 rings (SSSR count). The summed E-state index contributed by atoms with van der Waals surface area (Å²) < 4.78 is 0. The molecule has 0 radical (unpaired) electrons. The Morgan fingerprint density at radius 1 is 1.10 bits per heavy atom. The Bertz CT molecular complexity index is 762. The zero-order valence-corrected chi connectivity index (χ0v) is 12.1. The molecule has 1 aromatic carbocycles. The van der Waals surface area contributed by atoms with Crippen molar-refractivity contribution in [3.05, 3.63) is 63.8 Å². The molecule has 96 valence electrons. The molecule has 2 nitrogen and oxygen atoms in total. The summed E-state index contributed by atoms with van der Waals surface area (Å²) in [6.07, 6.45) is 1.87. The third kappa shape index (κ3) is 2.69. The highest BCUT2D eigenvalue weighted by Crippen LogP contribution is 2.29. The first-order valence-corrected chi connectivity index (χ1v) is 7.79. The fraction of sp³-hybridized carbons (Fsp3) is 0. The molecule has 2 aromatic heterocycles. The molecule has 0 fully saturated rings. The normalized spacial score (nSPS) is 11.2. The van der Waals surface area contributed by atoms with Crippen LogP contribution in [0.25, 0.3) is 22.2 Å². The highest BCUT2D eigenvalue weighted by Gasteiger charge is 2.09. The van der Waals surface area contributed by atoms with Crippen LogP contribution in [0.1, 0.15) is 10.6 Å². The molecule has 0 atom stereocenters. The van der Waals surface area contributed by atoms with Crippen molar-refractivity contribution in [2.45, 2.75) is 0 Å². The van der Waals surface area contributed by atoms with Gasteiger partial charge in [-0.1, -0.05) is 36.4 Å². The van der Waals surface area contributed by atoms with E-state index in [2.05, 4.69) is 11.1 Å². The molecule has 0 unspecified atom stereocenters. The zero-order valence-electron chi connectivity index (χ0n) is 10.5. The Labute approximate surface area is 125 Å². The van der Waals surface area contributed by atoms with Crippen LogP contribution in [0.15, 0.2) is 53.2 Å². The molecule has 0 saturated carbocycles. The number of rotatable bonds is 3. The van der Waals surface area contributed by atoms with Crippen molar-refractivity contribution in [1.82, 2.24) is 4.98 Å². The fourth-order valence-corrected chi connectivity index (χ4v) is 3.34. The Morgan fingerprint density at radius 3 is 2.65 bits per heavy atom. The summed E-state index contributed by atoms with van der Waals surface area (Å²) in [7, 11) is 0. The Hall–Kier alpha value is -2.22. The second-order valence-corrected chi connectivity index (χ2v) is 5.90. The molecule has 4 heteroatoms. The SMILES string of the molecule is N#C/C(=C\c1ccccc1)c1nc(-c2cccs2)cs1. The minimum absolute atomic E-state index is 0.601. The molecular formula is C16H10N2S2. The van der Waals surface area contributed by atoms with Crippen molar-refractivity contribution >= 4 is 34.3 Å². The molecule has 0 aliphatic rings. The predicted octanol–water partition coefficient (Wildman–Crippen LogP) is 4.94. The maximum atomic E-state index is 9.33. The van der Waals surface area contributed by atoms with Crippen molar-refractivity contribution in [2.24, 2.45) is 0 Å². The molecule has 3 aromatic rings. The first-order chi connectivity index (χ1) is 9.86. The molecule has 0 aliphatic carbocycles. The van der Waals surface area contributed by atoms with Gasteiger partial charge in [0.15, 0.2) is 0 Å². The van der Waals surface area contributed by atoms with Crippen molar-refractivity contribution in [1.29, 1.82) is 5.26 Å². The summed E-state index contributed by atoms with van der Waals surface area (Å²) in [5.41, 5.74) is 2.55. The van der Waals surface area contributed by atoms with Gasteiger partial charge in [-0.2, -0.15) is 5.26 Å². The highest BCUT2D eigenvalue weighted by atomic mass is 32.1. The van der Waals surface area contributed by atoms with E-state index in [0.717, 1.165) is 21.1 Å². The van der Waals surface area contributed by atoms with Crippen molar-refractivity contribution in [2.75, 3.05) is 0 Å². The lowest BCUT2D eigenvalue weighted by Gasteiger charge is -1.94. The maximum absolute atomic E-state index is 9.33. The van der Waals surface area contributed by atoms with Crippen LogP contribution < -0.4 is 0 Å². The number of hydrogen-bond donors (Lipinski definition) is 0. The number of allylic oxidation sites excluding steroid dienone is 1. The van der Waals surface area contributed by atoms with Gasteiger partial charge in [0.25, 0.3) is 0 Å². The summed E-state index contributed by atoms with van der Waals surface area (Å²) in [6, 6.07) is 16.1. The molecule has 0 saturated heterocycles. The van der Waals surface area contributed by atoms with Crippen LogP contribution in [-0.2, 0) is 0 Å². The summed E-state index contributed by atoms with van der Waals surface area (Å²) in [5, 5.41) is 14.1. The average molecular weight is 294 g/mol. The van der Waals surface area contributed by atoms with E-state index in [-0.39, 0.29) is 0 Å². The summed E-state index contributed by atoms with van der Waals surface area (Å²) >= 11 is 3.16. The number of benzene rings is 1. The van der Waals surface area contributed by atoms with E-state index in [1.807, 2.05) is 59.3 Å². The second kappa shape index (κ2) is 5.83. The van der Waals surface area contributed by atoms with Crippen molar-refractivity contribution < 1.29 is 0 Å². The first kappa shape index (κ1) is 12.8. The molecule has 20 heavy (non-hydrogen) atoms. The van der Waals surface area contributed by atoms with Crippen LogP contribution in [-0.4, -0.2) is 4.98 Å². The van der Waals surface area contributed by atoms with E-state index in [9.17, 15) is 5.26 Å². The summed E-state index contributed by atoms with van der Waals surface area (Å²) in [5.74, 6) is 0. The molecule has 2 heterocycles. The molecule has 0 bridgehead atoms. The molecule has 0 amide bonds. The quantitative estimate of drug-likeness (QED) is 0.642. The lowest BCUT2D eigenvalue weighted by atomic mass is 10.1. The topological polar surface area (TPSA) is 36.7 Å². The number of hydrogen-bond acceptors (Lipinski definition) is 4. The summed E-state index contributed by atoms with van der Waals surface area (Å²) in [4.78, 5) is 5.69. The van der Waals surface area contributed by atoms with Gasteiger partial charge in [0.05, 0.1) is 16.1 Å². The van der Waals surface area contributed by atoms with Crippen LogP contribution in [0.5, 0.6) is 0 Å². The molecule has 0 spiro atoms. The minimum Gasteiger partial charge on any atom is -0.234 e. The predicted molar refractivity (Wildman–Crippen MR) is 85.4 cm³/mol. The van der Waals surface area contributed by atoms with Crippen LogP contribution in [0.2, 0.25) is 0 Å². The standard InChI is InChI=1S/C16H10N2S2/c17-10-13(9-12-5-2-1-3-6-12)16-18-14(11-20-16)15-7-4-8-19-15/h1-9,11H/b13-9+. The van der Waals surface area contributed by atoms with Crippen molar-refractivity contribution in [3.8, 4) is 16.6 Å². The second-order valence-electron chi connectivity index (χ2n) is 4.10. The van der Waals surface area contributed by atoms with Gasteiger partial charge in [0, 0.05) is 5.38 Å². The number of thiazole rings is 1. The van der Waals surface area contributed by atoms with Gasteiger partial charge in [0.1, 0.15) is 11.1 Å². The van der Waals surface area contributed by atoms with E-state index >= 15 is 0 Å². The fourth-order valence-electron chi connectivity index (χ4n) is 1.79. The van der Waals surface area contributed by atoms with Crippen LogP contribution in [0, 0.1) is 11.3 Å². The Morgan fingerprint density at radius 2 is 1.95 bits per heavy atom. The van der Waals surface area contributed by atoms with Crippen LogP contribution >= 0.6 is 22.7 Å². The van der Waals surface area contributed by atoms with Gasteiger partial charge in [-0.15, -0.1) is 22.7 Å². The van der Waals surface area contributed by atoms with E-state index in [0.29, 0.717) is 5.57 Å². The monoisotopic (exact) mass is 294 g/mol. The van der Waals surface area contributed by atoms with Crippen LogP contribution in [0.4, 0.5) is 0 Å². The van der Waals surface area contributed by atoms with E-state index in [1.165, 1.54) is 11.3 Å². The Balaban J connectivity index is 1.95. The third-order valence-electron chi connectivity index (χ3n) is 2.74. The van der Waals surface area contributed by atoms with Gasteiger partial charge >= 0.3 is 0 Å². The lowest BCUT2D eigenvalue weighted by molar-refractivity contribution is 1.38. The van der Waals surface area contributed by atoms with Crippen molar-refractivity contribution in [3.63, 3.8) is 0 Å². The molecule has 0 aliphatic heterocycles. The smallest absolute Gasteiger partial charge is 0.134 e. The first-order valence-electron chi connectivity index (χ1n) is 6.03. The van der Waals surface area contributed by atoms with Gasteiger partial charge < -0.3 is 0 Å². The van der Waals surface area contributed by atoms with E-state index in [4.69, 9.17) is 0 Å². The van der Waals surface area contributed by atoms with Gasteiger partial charge in [0.2, 0.25) is 0 Å². The van der Waals surface area contributed by atoms with Gasteiger partial charge in [-0.25, -0.2) is 4.98 Å².